The first-order chi connectivity index (χ1) is 16.4. The number of para-hydroxylation sites is 1. The summed E-state index contributed by atoms with van der Waals surface area (Å²) in [5, 5.41) is 2.35. The highest BCUT2D eigenvalue weighted by Crippen LogP contribution is 2.34. The third-order valence-electron chi connectivity index (χ3n) is 4.82. The molecule has 1 aromatic heterocycles. The van der Waals surface area contributed by atoms with E-state index in [1.54, 1.807) is 60.7 Å². The van der Waals surface area contributed by atoms with Gasteiger partial charge in [-0.2, -0.15) is 0 Å². The molecule has 172 valence electrons. The molecule has 0 saturated carbocycles. The predicted octanol–water partition coefficient (Wildman–Crippen LogP) is 5.06. The topological polar surface area (TPSA) is 106 Å². The zero-order valence-corrected chi connectivity index (χ0v) is 19.3. The van der Waals surface area contributed by atoms with Crippen molar-refractivity contribution in [2.45, 2.75) is 0 Å². The number of furan rings is 1. The van der Waals surface area contributed by atoms with Crippen molar-refractivity contribution in [3.8, 4) is 11.3 Å². The Morgan fingerprint density at radius 2 is 1.82 bits per heavy atom. The molecule has 4 rings (SSSR count). The van der Waals surface area contributed by atoms with Crippen LogP contribution in [0.25, 0.3) is 17.4 Å². The number of esters is 1. The number of ether oxygens (including phenoxy) is 1. The fraction of sp³-hybridized carbons (Fsp3) is 0.0833. The number of amides is 3. The van der Waals surface area contributed by atoms with Gasteiger partial charge in [0.2, 0.25) is 5.91 Å². The molecular weight excluding hydrogens is 480 g/mol. The maximum Gasteiger partial charge on any atom is 0.338 e. The molecule has 3 amide bonds. The van der Waals surface area contributed by atoms with Crippen LogP contribution in [0.5, 0.6) is 0 Å². The molecule has 0 atom stereocenters. The Morgan fingerprint density at radius 1 is 1.09 bits per heavy atom. The standard InChI is InChI=1S/C24H17ClN2O6S/c1-32-23(30)16-7-3-2-6-15(16)19-11-10-14(33-19)12-20-22(29)27(24(31)34-20)13-21(28)26-18-9-5-4-8-17(18)25/h2-12H,13H2,1H3,(H,26,28)/b20-12+. The van der Waals surface area contributed by atoms with Gasteiger partial charge in [-0.1, -0.05) is 41.9 Å². The molecule has 0 bridgehead atoms. The molecule has 34 heavy (non-hydrogen) atoms. The average molecular weight is 497 g/mol. The van der Waals surface area contributed by atoms with Crippen LogP contribution < -0.4 is 5.32 Å². The number of carbonyl (C=O) groups is 4. The number of halogens is 1. The molecule has 1 N–H and O–H groups in total. The van der Waals surface area contributed by atoms with Crippen LogP contribution >= 0.6 is 23.4 Å². The summed E-state index contributed by atoms with van der Waals surface area (Å²) in [5.41, 5.74) is 1.24. The van der Waals surface area contributed by atoms with Crippen molar-refractivity contribution in [3.05, 3.63) is 81.9 Å². The average Bonchev–Trinajstić information content (AvgIpc) is 3.40. The minimum Gasteiger partial charge on any atom is -0.465 e. The van der Waals surface area contributed by atoms with Crippen molar-refractivity contribution in [2.24, 2.45) is 0 Å². The first kappa shape index (κ1) is 23.3. The molecule has 10 heteroatoms. The second kappa shape index (κ2) is 9.98. The van der Waals surface area contributed by atoms with E-state index in [1.165, 1.54) is 13.2 Å². The molecule has 2 aromatic carbocycles. The molecule has 1 aliphatic rings. The third kappa shape index (κ3) is 4.90. The molecule has 2 heterocycles. The van der Waals surface area contributed by atoms with Gasteiger partial charge in [-0.05, 0) is 42.1 Å². The zero-order valence-electron chi connectivity index (χ0n) is 17.7. The number of anilines is 1. The van der Waals surface area contributed by atoms with E-state index in [2.05, 4.69) is 5.32 Å². The van der Waals surface area contributed by atoms with Crippen LogP contribution in [-0.4, -0.2) is 41.6 Å². The lowest BCUT2D eigenvalue weighted by atomic mass is 10.1. The molecule has 0 unspecified atom stereocenters. The van der Waals surface area contributed by atoms with Crippen LogP contribution in [0, 0.1) is 0 Å². The lowest BCUT2D eigenvalue weighted by molar-refractivity contribution is -0.127. The lowest BCUT2D eigenvalue weighted by Crippen LogP contribution is -2.36. The summed E-state index contributed by atoms with van der Waals surface area (Å²) in [6.07, 6.45) is 1.42. The van der Waals surface area contributed by atoms with E-state index in [9.17, 15) is 19.2 Å². The number of carbonyl (C=O) groups excluding carboxylic acids is 4. The van der Waals surface area contributed by atoms with E-state index in [0.717, 1.165) is 4.90 Å². The molecule has 1 aliphatic heterocycles. The van der Waals surface area contributed by atoms with Crippen molar-refractivity contribution >= 4 is 58.1 Å². The summed E-state index contributed by atoms with van der Waals surface area (Å²) in [6.45, 7) is -0.455. The van der Waals surface area contributed by atoms with E-state index < -0.39 is 29.6 Å². The first-order valence-corrected chi connectivity index (χ1v) is 11.1. The maximum absolute atomic E-state index is 12.7. The second-order valence-electron chi connectivity index (χ2n) is 7.04. The van der Waals surface area contributed by atoms with Gasteiger partial charge in [0.25, 0.3) is 11.1 Å². The van der Waals surface area contributed by atoms with Gasteiger partial charge < -0.3 is 14.5 Å². The van der Waals surface area contributed by atoms with E-state index in [1.807, 2.05) is 0 Å². The molecular formula is C24H17ClN2O6S. The smallest absolute Gasteiger partial charge is 0.338 e. The van der Waals surface area contributed by atoms with Gasteiger partial charge in [0, 0.05) is 11.6 Å². The van der Waals surface area contributed by atoms with Gasteiger partial charge in [0.15, 0.2) is 0 Å². The summed E-state index contributed by atoms with van der Waals surface area (Å²) in [7, 11) is 1.29. The van der Waals surface area contributed by atoms with Gasteiger partial charge in [-0.15, -0.1) is 0 Å². The van der Waals surface area contributed by atoms with Crippen LogP contribution in [0.15, 0.2) is 70.0 Å². The highest BCUT2D eigenvalue weighted by atomic mass is 35.5. The molecule has 3 aromatic rings. The van der Waals surface area contributed by atoms with E-state index in [-0.39, 0.29) is 4.91 Å². The normalized spacial score (nSPS) is 14.5. The van der Waals surface area contributed by atoms with Crippen LogP contribution in [0.4, 0.5) is 10.5 Å². The summed E-state index contributed by atoms with van der Waals surface area (Å²) >= 11 is 6.73. The molecule has 8 nitrogen and oxygen atoms in total. The van der Waals surface area contributed by atoms with Gasteiger partial charge in [0.1, 0.15) is 18.1 Å². The summed E-state index contributed by atoms with van der Waals surface area (Å²) in [5.74, 6) is -0.982. The fourth-order valence-electron chi connectivity index (χ4n) is 3.22. The predicted molar refractivity (Wildman–Crippen MR) is 128 cm³/mol. The van der Waals surface area contributed by atoms with E-state index in [4.69, 9.17) is 20.8 Å². The maximum atomic E-state index is 12.7. The zero-order chi connectivity index (χ0) is 24.2. The van der Waals surface area contributed by atoms with E-state index >= 15 is 0 Å². The lowest BCUT2D eigenvalue weighted by Gasteiger charge is -2.13. The number of thioether (sulfide) groups is 1. The van der Waals surface area contributed by atoms with Gasteiger partial charge in [0.05, 0.1) is 28.3 Å². The monoisotopic (exact) mass is 496 g/mol. The number of rotatable bonds is 6. The van der Waals surface area contributed by atoms with Crippen LogP contribution in [-0.2, 0) is 14.3 Å². The van der Waals surface area contributed by atoms with Crippen molar-refractivity contribution in [3.63, 3.8) is 0 Å². The third-order valence-corrected chi connectivity index (χ3v) is 6.06. The SMILES string of the molecule is COC(=O)c1ccccc1-c1ccc(/C=C2/SC(=O)N(CC(=O)Nc3ccccc3Cl)C2=O)o1. The highest BCUT2D eigenvalue weighted by molar-refractivity contribution is 8.18. The number of nitrogens with one attached hydrogen (secondary N) is 1. The Hall–Kier alpha value is -3.82. The molecule has 0 radical (unpaired) electrons. The summed E-state index contributed by atoms with van der Waals surface area (Å²) < 4.78 is 10.6. The molecule has 0 aliphatic carbocycles. The number of imide groups is 1. The second-order valence-corrected chi connectivity index (χ2v) is 8.44. The minimum atomic E-state index is -0.614. The Kier molecular flexibility index (Phi) is 6.85. The van der Waals surface area contributed by atoms with Gasteiger partial charge in [-0.3, -0.25) is 19.3 Å². The summed E-state index contributed by atoms with van der Waals surface area (Å²) in [4.78, 5) is 50.4. The molecule has 0 spiro atoms. The Balaban J connectivity index is 1.49. The van der Waals surface area contributed by atoms with Crippen molar-refractivity contribution in [2.75, 3.05) is 19.0 Å². The molecule has 1 fully saturated rings. The summed E-state index contributed by atoms with van der Waals surface area (Å²) in [6, 6.07) is 16.7. The van der Waals surface area contributed by atoms with Crippen molar-refractivity contribution in [1.29, 1.82) is 0 Å². The number of benzene rings is 2. The van der Waals surface area contributed by atoms with Crippen molar-refractivity contribution < 1.29 is 28.3 Å². The Morgan fingerprint density at radius 3 is 2.59 bits per heavy atom. The number of nitrogens with zero attached hydrogens (tertiary/aromatic N) is 1. The van der Waals surface area contributed by atoms with Gasteiger partial charge in [-0.25, -0.2) is 4.79 Å². The van der Waals surface area contributed by atoms with Crippen LogP contribution in [0.3, 0.4) is 0 Å². The Bertz CT molecular complexity index is 1330. The van der Waals surface area contributed by atoms with Crippen LogP contribution in [0.2, 0.25) is 5.02 Å². The number of hydrogen-bond donors (Lipinski definition) is 1. The first-order valence-electron chi connectivity index (χ1n) is 9.94. The van der Waals surface area contributed by atoms with E-state index in [0.29, 0.717) is 45.1 Å². The Labute approximate surface area is 203 Å². The molecule has 1 saturated heterocycles. The highest BCUT2D eigenvalue weighted by Gasteiger charge is 2.36. The fourth-order valence-corrected chi connectivity index (χ4v) is 4.22. The van der Waals surface area contributed by atoms with Gasteiger partial charge >= 0.3 is 5.97 Å². The quantitative estimate of drug-likeness (QED) is 0.375. The minimum absolute atomic E-state index is 0.109. The van der Waals surface area contributed by atoms with Crippen LogP contribution in [0.1, 0.15) is 16.1 Å². The van der Waals surface area contributed by atoms with Crippen molar-refractivity contribution in [1.82, 2.24) is 4.90 Å². The number of methoxy groups -OCH3 is 1. The largest absolute Gasteiger partial charge is 0.465 e. The number of hydrogen-bond acceptors (Lipinski definition) is 7.